The van der Waals surface area contributed by atoms with Gasteiger partial charge in [0.25, 0.3) is 0 Å². The maximum atomic E-state index is 12.2. The molecule has 2 rings (SSSR count). The van der Waals surface area contributed by atoms with Crippen LogP contribution in [0.1, 0.15) is 44.7 Å². The van der Waals surface area contributed by atoms with Gasteiger partial charge in [-0.05, 0) is 19.8 Å². The third-order valence-corrected chi connectivity index (χ3v) is 3.36. The summed E-state index contributed by atoms with van der Waals surface area (Å²) in [4.78, 5) is 25.5. The van der Waals surface area contributed by atoms with E-state index in [9.17, 15) is 9.59 Å². The van der Waals surface area contributed by atoms with Crippen molar-refractivity contribution in [3.05, 3.63) is 11.8 Å². The Hall–Kier alpha value is -1.65. The minimum absolute atomic E-state index is 0.0327. The molecule has 5 heteroatoms. The molecule has 19 heavy (non-hydrogen) atoms. The van der Waals surface area contributed by atoms with Gasteiger partial charge < -0.3 is 0 Å². The van der Waals surface area contributed by atoms with Gasteiger partial charge in [-0.2, -0.15) is 5.10 Å². The van der Waals surface area contributed by atoms with E-state index in [2.05, 4.69) is 5.10 Å². The minimum atomic E-state index is 0.0327. The molecule has 0 atom stereocenters. The number of rotatable bonds is 5. The molecule has 0 saturated carbocycles. The average Bonchev–Trinajstić information content (AvgIpc) is 2.76. The number of hydrogen-bond donors (Lipinski definition) is 0. The summed E-state index contributed by atoms with van der Waals surface area (Å²) in [6.45, 7) is 5.50. The standard InChI is InChI=1S/C14H21N3O2/c1-3-5-12(18)6-7-14(19)16-8-4-9-17-13(16)10-11(2)15-17/h10H,3-9H2,1-2H3. The molecule has 1 aliphatic rings. The third-order valence-electron chi connectivity index (χ3n) is 3.36. The van der Waals surface area contributed by atoms with Crippen LogP contribution in [0, 0.1) is 6.92 Å². The largest absolute Gasteiger partial charge is 0.300 e. The van der Waals surface area contributed by atoms with Crippen LogP contribution in [0.15, 0.2) is 6.07 Å². The van der Waals surface area contributed by atoms with Gasteiger partial charge in [0.1, 0.15) is 11.6 Å². The number of aryl methyl sites for hydroxylation is 2. The smallest absolute Gasteiger partial charge is 0.228 e. The number of nitrogens with zero attached hydrogens (tertiary/aromatic N) is 3. The third kappa shape index (κ3) is 3.22. The fourth-order valence-corrected chi connectivity index (χ4v) is 2.44. The van der Waals surface area contributed by atoms with Crippen LogP contribution in [0.4, 0.5) is 5.82 Å². The highest BCUT2D eigenvalue weighted by molar-refractivity contribution is 5.95. The fraction of sp³-hybridized carbons (Fsp3) is 0.643. The summed E-state index contributed by atoms with van der Waals surface area (Å²) >= 11 is 0. The van der Waals surface area contributed by atoms with Crippen molar-refractivity contribution in [3.8, 4) is 0 Å². The molecule has 0 fully saturated rings. The predicted octanol–water partition coefficient (Wildman–Crippen LogP) is 2.08. The number of aromatic nitrogens is 2. The lowest BCUT2D eigenvalue weighted by Gasteiger charge is -2.27. The first-order valence-electron chi connectivity index (χ1n) is 6.98. The van der Waals surface area contributed by atoms with E-state index in [1.807, 2.05) is 24.6 Å². The molecule has 1 aromatic rings. The molecule has 0 aliphatic carbocycles. The lowest BCUT2D eigenvalue weighted by molar-refractivity contribution is -0.124. The summed E-state index contributed by atoms with van der Waals surface area (Å²) in [5.41, 5.74) is 0.928. The predicted molar refractivity (Wildman–Crippen MR) is 73.1 cm³/mol. The Balaban J connectivity index is 1.98. The number of carbonyl (C=O) groups is 2. The quantitative estimate of drug-likeness (QED) is 0.817. The zero-order valence-corrected chi connectivity index (χ0v) is 11.7. The Kier molecular flexibility index (Phi) is 4.35. The highest BCUT2D eigenvalue weighted by atomic mass is 16.2. The molecule has 0 unspecified atom stereocenters. The Labute approximate surface area is 113 Å². The van der Waals surface area contributed by atoms with Crippen LogP contribution in [0.3, 0.4) is 0 Å². The molecule has 1 amide bonds. The number of anilines is 1. The van der Waals surface area contributed by atoms with E-state index in [0.717, 1.165) is 37.4 Å². The summed E-state index contributed by atoms with van der Waals surface area (Å²) in [5, 5.41) is 4.36. The van der Waals surface area contributed by atoms with Gasteiger partial charge in [0.05, 0.1) is 5.69 Å². The van der Waals surface area contributed by atoms with Gasteiger partial charge in [-0.3, -0.25) is 14.5 Å². The fourth-order valence-electron chi connectivity index (χ4n) is 2.44. The van der Waals surface area contributed by atoms with Gasteiger partial charge in [0, 0.05) is 38.4 Å². The number of ketones is 1. The lowest BCUT2D eigenvalue weighted by Crippen LogP contribution is -2.37. The van der Waals surface area contributed by atoms with E-state index in [4.69, 9.17) is 0 Å². The summed E-state index contributed by atoms with van der Waals surface area (Å²) in [6.07, 6.45) is 3.01. The monoisotopic (exact) mass is 263 g/mol. The van der Waals surface area contributed by atoms with Crippen molar-refractivity contribution in [2.75, 3.05) is 11.4 Å². The number of Topliss-reactive ketones (excluding diaryl/α,β-unsaturated/α-hetero) is 1. The van der Waals surface area contributed by atoms with Crippen LogP contribution >= 0.6 is 0 Å². The topological polar surface area (TPSA) is 55.2 Å². The molecule has 0 bridgehead atoms. The van der Waals surface area contributed by atoms with Gasteiger partial charge in [-0.25, -0.2) is 4.68 Å². The lowest BCUT2D eigenvalue weighted by atomic mass is 10.1. The van der Waals surface area contributed by atoms with E-state index >= 15 is 0 Å². The van der Waals surface area contributed by atoms with Crippen molar-refractivity contribution < 1.29 is 9.59 Å². The van der Waals surface area contributed by atoms with E-state index < -0.39 is 0 Å². The van der Waals surface area contributed by atoms with Gasteiger partial charge in [-0.15, -0.1) is 0 Å². The number of fused-ring (bicyclic) bond motifs is 1. The van der Waals surface area contributed by atoms with Gasteiger partial charge in [0.2, 0.25) is 5.91 Å². The summed E-state index contributed by atoms with van der Waals surface area (Å²) in [7, 11) is 0. The van der Waals surface area contributed by atoms with Crippen molar-refractivity contribution >= 4 is 17.5 Å². The van der Waals surface area contributed by atoms with E-state index in [0.29, 0.717) is 19.3 Å². The Morgan fingerprint density at radius 3 is 2.79 bits per heavy atom. The Bertz CT molecular complexity index is 479. The molecule has 1 aromatic heterocycles. The van der Waals surface area contributed by atoms with Gasteiger partial charge in [0.15, 0.2) is 0 Å². The second-order valence-electron chi connectivity index (χ2n) is 5.05. The molecule has 5 nitrogen and oxygen atoms in total. The molecular formula is C14H21N3O2. The van der Waals surface area contributed by atoms with Crippen molar-refractivity contribution in [1.29, 1.82) is 0 Å². The first-order chi connectivity index (χ1) is 9.11. The zero-order valence-electron chi connectivity index (χ0n) is 11.7. The number of amides is 1. The molecule has 2 heterocycles. The molecule has 0 N–H and O–H groups in total. The van der Waals surface area contributed by atoms with Crippen molar-refractivity contribution in [3.63, 3.8) is 0 Å². The molecule has 1 aliphatic heterocycles. The molecule has 0 saturated heterocycles. The van der Waals surface area contributed by atoms with Crippen LogP contribution < -0.4 is 4.90 Å². The SMILES string of the molecule is CCCC(=O)CCC(=O)N1CCCn2nc(C)cc21. The van der Waals surface area contributed by atoms with Crippen LogP contribution in [0.25, 0.3) is 0 Å². The normalized spacial score (nSPS) is 14.3. The minimum Gasteiger partial charge on any atom is -0.300 e. The summed E-state index contributed by atoms with van der Waals surface area (Å²) < 4.78 is 1.88. The van der Waals surface area contributed by atoms with Gasteiger partial charge in [-0.1, -0.05) is 6.92 Å². The first kappa shape index (κ1) is 13.8. The van der Waals surface area contributed by atoms with Crippen molar-refractivity contribution in [1.82, 2.24) is 9.78 Å². The van der Waals surface area contributed by atoms with E-state index in [1.165, 1.54) is 0 Å². The van der Waals surface area contributed by atoms with Crippen molar-refractivity contribution in [2.45, 2.75) is 52.5 Å². The zero-order chi connectivity index (χ0) is 13.8. The van der Waals surface area contributed by atoms with E-state index in [1.54, 1.807) is 4.90 Å². The molecule has 104 valence electrons. The molecule has 0 radical (unpaired) electrons. The average molecular weight is 263 g/mol. The van der Waals surface area contributed by atoms with Crippen LogP contribution in [-0.2, 0) is 16.1 Å². The number of carbonyl (C=O) groups excluding carboxylic acids is 2. The van der Waals surface area contributed by atoms with Gasteiger partial charge >= 0.3 is 0 Å². The van der Waals surface area contributed by atoms with E-state index in [-0.39, 0.29) is 11.7 Å². The molecule has 0 spiro atoms. The maximum Gasteiger partial charge on any atom is 0.228 e. The second kappa shape index (κ2) is 5.99. The first-order valence-corrected chi connectivity index (χ1v) is 6.98. The van der Waals surface area contributed by atoms with Crippen LogP contribution in [0.5, 0.6) is 0 Å². The second-order valence-corrected chi connectivity index (χ2v) is 5.05. The summed E-state index contributed by atoms with van der Waals surface area (Å²) in [6, 6.07) is 1.94. The molecular weight excluding hydrogens is 242 g/mol. The van der Waals surface area contributed by atoms with Crippen molar-refractivity contribution in [2.24, 2.45) is 0 Å². The highest BCUT2D eigenvalue weighted by Crippen LogP contribution is 2.22. The Morgan fingerprint density at radius 1 is 1.26 bits per heavy atom. The maximum absolute atomic E-state index is 12.2. The summed E-state index contributed by atoms with van der Waals surface area (Å²) in [5.74, 6) is 1.08. The van der Waals surface area contributed by atoms with Crippen LogP contribution in [-0.4, -0.2) is 28.0 Å². The Morgan fingerprint density at radius 2 is 2.05 bits per heavy atom. The van der Waals surface area contributed by atoms with Crippen LogP contribution in [0.2, 0.25) is 0 Å². The highest BCUT2D eigenvalue weighted by Gasteiger charge is 2.23. The number of hydrogen-bond acceptors (Lipinski definition) is 3. The molecule has 0 aromatic carbocycles.